The summed E-state index contributed by atoms with van der Waals surface area (Å²) in [6, 6.07) is 0.461. The highest BCUT2D eigenvalue weighted by Gasteiger charge is 2.06. The van der Waals surface area contributed by atoms with E-state index < -0.39 is 0 Å². The van der Waals surface area contributed by atoms with Gasteiger partial charge >= 0.3 is 0 Å². The first kappa shape index (κ1) is 20.2. The third kappa shape index (κ3) is 12.6. The summed E-state index contributed by atoms with van der Waals surface area (Å²) in [5, 5.41) is 6.83. The van der Waals surface area contributed by atoms with Crippen molar-refractivity contribution in [3.8, 4) is 0 Å². The van der Waals surface area contributed by atoms with E-state index in [4.69, 9.17) is 4.74 Å². The van der Waals surface area contributed by atoms with Crippen molar-refractivity contribution < 1.29 is 4.74 Å². The molecule has 1 unspecified atom stereocenters. The van der Waals surface area contributed by atoms with Crippen molar-refractivity contribution >= 4 is 5.96 Å². The molecule has 0 amide bonds. The molecule has 0 radical (unpaired) electrons. The largest absolute Gasteiger partial charge is 0.383 e. The Kier molecular flexibility index (Phi) is 12.4. The zero-order valence-corrected chi connectivity index (χ0v) is 14.9. The molecule has 0 fully saturated rings. The third-order valence-electron chi connectivity index (χ3n) is 3.47. The van der Waals surface area contributed by atoms with Crippen molar-refractivity contribution in [1.82, 2.24) is 15.5 Å². The van der Waals surface area contributed by atoms with E-state index >= 15 is 0 Å². The molecule has 0 aliphatic rings. The molecule has 0 saturated carbocycles. The lowest BCUT2D eigenvalue weighted by Gasteiger charge is -2.20. The summed E-state index contributed by atoms with van der Waals surface area (Å²) >= 11 is 0. The van der Waals surface area contributed by atoms with Crippen LogP contribution in [-0.2, 0) is 4.74 Å². The van der Waals surface area contributed by atoms with Crippen molar-refractivity contribution in [2.24, 2.45) is 10.9 Å². The zero-order valence-electron chi connectivity index (χ0n) is 14.9. The lowest BCUT2D eigenvalue weighted by molar-refractivity contribution is 0.161. The number of aliphatic imine (C=N–C) groups is 1. The Morgan fingerprint density at radius 1 is 1.19 bits per heavy atom. The minimum Gasteiger partial charge on any atom is -0.383 e. The summed E-state index contributed by atoms with van der Waals surface area (Å²) in [5.41, 5.74) is 0. The van der Waals surface area contributed by atoms with Gasteiger partial charge in [-0.2, -0.15) is 0 Å². The van der Waals surface area contributed by atoms with Crippen LogP contribution in [0.15, 0.2) is 4.99 Å². The molecule has 0 heterocycles. The molecule has 0 saturated heterocycles. The smallest absolute Gasteiger partial charge is 0.191 e. The fraction of sp³-hybridized carbons (Fsp3) is 0.938. The number of rotatable bonds is 11. The molecule has 0 bridgehead atoms. The van der Waals surface area contributed by atoms with Gasteiger partial charge in [0.2, 0.25) is 0 Å². The Balaban J connectivity index is 3.75. The Bertz CT molecular complexity index is 269. The number of hydrogen-bond acceptors (Lipinski definition) is 3. The highest BCUT2D eigenvalue weighted by molar-refractivity contribution is 5.79. The number of nitrogens with zero attached hydrogens (tertiary/aromatic N) is 2. The molecule has 0 rings (SSSR count). The number of methoxy groups -OCH3 is 1. The monoisotopic (exact) mass is 300 g/mol. The highest BCUT2D eigenvalue weighted by atomic mass is 16.5. The first-order valence-electron chi connectivity index (χ1n) is 8.14. The zero-order chi connectivity index (χ0) is 16.1. The minimum atomic E-state index is 0.461. The van der Waals surface area contributed by atoms with Gasteiger partial charge in [-0.25, -0.2) is 0 Å². The topological polar surface area (TPSA) is 48.9 Å². The van der Waals surface area contributed by atoms with E-state index in [1.54, 1.807) is 7.11 Å². The van der Waals surface area contributed by atoms with E-state index in [9.17, 15) is 0 Å². The number of nitrogens with one attached hydrogen (secondary N) is 2. The first-order chi connectivity index (χ1) is 9.99. The van der Waals surface area contributed by atoms with Crippen LogP contribution in [-0.4, -0.2) is 64.3 Å². The average Bonchev–Trinajstić information content (AvgIpc) is 2.45. The highest BCUT2D eigenvalue weighted by Crippen LogP contribution is 2.06. The fourth-order valence-corrected chi connectivity index (χ4v) is 2.00. The van der Waals surface area contributed by atoms with Crippen molar-refractivity contribution in [2.45, 2.75) is 46.1 Å². The molecule has 126 valence electrons. The normalized spacial score (nSPS) is 13.8. The summed E-state index contributed by atoms with van der Waals surface area (Å²) in [7, 11) is 5.70. The molecule has 0 aromatic carbocycles. The van der Waals surface area contributed by atoms with Gasteiger partial charge in [0.15, 0.2) is 5.96 Å². The van der Waals surface area contributed by atoms with Crippen LogP contribution in [0.2, 0.25) is 0 Å². The Morgan fingerprint density at radius 2 is 1.90 bits per heavy atom. The van der Waals surface area contributed by atoms with Crippen LogP contribution in [0.5, 0.6) is 0 Å². The molecule has 0 aromatic rings. The lowest BCUT2D eigenvalue weighted by Crippen LogP contribution is -2.43. The van der Waals surface area contributed by atoms with Crippen LogP contribution in [0.3, 0.4) is 0 Å². The maximum absolute atomic E-state index is 5.07. The predicted molar refractivity (Wildman–Crippen MR) is 92.0 cm³/mol. The van der Waals surface area contributed by atoms with E-state index in [0.29, 0.717) is 6.04 Å². The molecule has 5 nitrogen and oxygen atoms in total. The first-order valence-corrected chi connectivity index (χ1v) is 8.14. The van der Waals surface area contributed by atoms with Crippen LogP contribution < -0.4 is 10.6 Å². The number of likely N-dealkylation sites (N-methyl/N-ethyl adjacent to an activating group) is 1. The van der Waals surface area contributed by atoms with E-state index in [0.717, 1.165) is 44.5 Å². The lowest BCUT2D eigenvalue weighted by atomic mass is 10.0. The van der Waals surface area contributed by atoms with Gasteiger partial charge in [-0.05, 0) is 45.7 Å². The molecule has 21 heavy (non-hydrogen) atoms. The van der Waals surface area contributed by atoms with Gasteiger partial charge in [-0.1, -0.05) is 13.8 Å². The minimum absolute atomic E-state index is 0.461. The fourth-order valence-electron chi connectivity index (χ4n) is 2.00. The summed E-state index contributed by atoms with van der Waals surface area (Å²) < 4.78 is 5.07. The summed E-state index contributed by atoms with van der Waals surface area (Å²) in [5.74, 6) is 1.66. The second-order valence-corrected chi connectivity index (χ2v) is 6.17. The number of hydrogen-bond donors (Lipinski definition) is 2. The number of ether oxygens (including phenoxy) is 1. The maximum atomic E-state index is 5.07. The second-order valence-electron chi connectivity index (χ2n) is 6.17. The second kappa shape index (κ2) is 12.9. The van der Waals surface area contributed by atoms with Gasteiger partial charge in [-0.3, -0.25) is 4.99 Å². The van der Waals surface area contributed by atoms with Gasteiger partial charge in [0.1, 0.15) is 0 Å². The summed E-state index contributed by atoms with van der Waals surface area (Å²) in [6.07, 6.45) is 3.52. The van der Waals surface area contributed by atoms with Gasteiger partial charge in [0, 0.05) is 33.3 Å². The molecule has 0 aromatic heterocycles. The van der Waals surface area contributed by atoms with Crippen LogP contribution in [0, 0.1) is 5.92 Å². The van der Waals surface area contributed by atoms with Crippen molar-refractivity contribution in [2.75, 3.05) is 47.4 Å². The van der Waals surface area contributed by atoms with Crippen LogP contribution in [0.4, 0.5) is 0 Å². The van der Waals surface area contributed by atoms with Crippen molar-refractivity contribution in [3.05, 3.63) is 0 Å². The molecule has 2 N–H and O–H groups in total. The van der Waals surface area contributed by atoms with E-state index in [-0.39, 0.29) is 0 Å². The molecule has 5 heteroatoms. The van der Waals surface area contributed by atoms with Gasteiger partial charge in [-0.15, -0.1) is 0 Å². The van der Waals surface area contributed by atoms with Crippen LogP contribution in [0.1, 0.15) is 40.0 Å². The summed E-state index contributed by atoms with van der Waals surface area (Å²) in [6.45, 7) is 10.5. The van der Waals surface area contributed by atoms with Gasteiger partial charge in [0.25, 0.3) is 0 Å². The Labute approximate surface area is 131 Å². The Morgan fingerprint density at radius 3 is 2.48 bits per heavy atom. The van der Waals surface area contributed by atoms with Crippen molar-refractivity contribution in [1.29, 1.82) is 0 Å². The summed E-state index contributed by atoms with van der Waals surface area (Å²) in [4.78, 5) is 6.57. The quantitative estimate of drug-likeness (QED) is 0.348. The maximum Gasteiger partial charge on any atom is 0.191 e. The number of guanidine groups is 1. The third-order valence-corrected chi connectivity index (χ3v) is 3.47. The van der Waals surface area contributed by atoms with Gasteiger partial charge < -0.3 is 20.3 Å². The molecular formula is C16H36N4O. The molecule has 0 aliphatic carbocycles. The predicted octanol–water partition coefficient (Wildman–Crippen LogP) is 1.94. The van der Waals surface area contributed by atoms with E-state index in [1.807, 2.05) is 7.05 Å². The SMILES string of the molecule is CN=C(NCCCN(C)CCOC)NC(C)CCC(C)C. The molecular weight excluding hydrogens is 264 g/mol. The average molecular weight is 300 g/mol. The Hall–Kier alpha value is -0.810. The van der Waals surface area contributed by atoms with E-state index in [1.165, 1.54) is 12.8 Å². The van der Waals surface area contributed by atoms with Crippen LogP contribution >= 0.6 is 0 Å². The van der Waals surface area contributed by atoms with E-state index in [2.05, 4.69) is 48.3 Å². The molecule has 0 aliphatic heterocycles. The van der Waals surface area contributed by atoms with Crippen LogP contribution in [0.25, 0.3) is 0 Å². The molecule has 0 spiro atoms. The standard InChI is InChI=1S/C16H36N4O/c1-14(2)8-9-15(3)19-16(17-4)18-10-7-11-20(5)12-13-21-6/h14-15H,7-13H2,1-6H3,(H2,17,18,19). The molecule has 1 atom stereocenters. The van der Waals surface area contributed by atoms with Crippen molar-refractivity contribution in [3.63, 3.8) is 0 Å². The van der Waals surface area contributed by atoms with Gasteiger partial charge in [0.05, 0.1) is 6.61 Å².